The number of hydrogen-bond donors (Lipinski definition) is 0. The van der Waals surface area contributed by atoms with E-state index >= 15 is 0 Å². The zero-order valence-electron chi connectivity index (χ0n) is 13.7. The average molecular weight is 345 g/mol. The third-order valence-corrected chi connectivity index (χ3v) is 4.46. The zero-order valence-corrected chi connectivity index (χ0v) is 13.7. The molecule has 0 unspecified atom stereocenters. The number of fused-ring (bicyclic) bond motifs is 1. The molecule has 0 bridgehead atoms. The van der Waals surface area contributed by atoms with Gasteiger partial charge in [-0.05, 0) is 23.8 Å². The minimum absolute atomic E-state index is 0.193. The second kappa shape index (κ2) is 6.54. The molecule has 10 nitrogen and oxygen atoms in total. The van der Waals surface area contributed by atoms with Gasteiger partial charge in [-0.25, -0.2) is 4.98 Å². The Kier molecular flexibility index (Phi) is 4.08. The number of nitrogens with zero attached hydrogens (tertiary/aromatic N) is 7. The van der Waals surface area contributed by atoms with E-state index in [4.69, 9.17) is 9.72 Å². The van der Waals surface area contributed by atoms with Crippen molar-refractivity contribution in [3.05, 3.63) is 28.6 Å². The van der Waals surface area contributed by atoms with Crippen molar-refractivity contribution in [2.45, 2.75) is 19.4 Å². The minimum atomic E-state index is -0.508. The van der Waals surface area contributed by atoms with Crippen molar-refractivity contribution >= 4 is 17.6 Å². The van der Waals surface area contributed by atoms with Gasteiger partial charge in [-0.1, -0.05) is 0 Å². The molecule has 2 aliphatic rings. The lowest BCUT2D eigenvalue weighted by molar-refractivity contribution is -0.389. The van der Waals surface area contributed by atoms with E-state index in [9.17, 15) is 10.1 Å². The number of aromatic nitrogens is 4. The summed E-state index contributed by atoms with van der Waals surface area (Å²) < 4.78 is 7.27. The molecule has 1 saturated heterocycles. The van der Waals surface area contributed by atoms with Crippen LogP contribution in [0.3, 0.4) is 0 Å². The molecular formula is C15H19N7O3. The summed E-state index contributed by atoms with van der Waals surface area (Å²) in [4.78, 5) is 27.7. The van der Waals surface area contributed by atoms with Gasteiger partial charge in [0.25, 0.3) is 0 Å². The summed E-state index contributed by atoms with van der Waals surface area (Å²) >= 11 is 0. The van der Waals surface area contributed by atoms with Crippen LogP contribution in [0.5, 0.6) is 6.01 Å². The predicted molar refractivity (Wildman–Crippen MR) is 90.1 cm³/mol. The van der Waals surface area contributed by atoms with Crippen LogP contribution in [0.15, 0.2) is 18.5 Å². The maximum Gasteiger partial charge on any atom is 0.414 e. The minimum Gasteiger partial charge on any atom is -0.444 e. The molecule has 4 heterocycles. The van der Waals surface area contributed by atoms with Crippen LogP contribution in [-0.4, -0.2) is 57.2 Å². The van der Waals surface area contributed by atoms with Crippen LogP contribution in [0.1, 0.15) is 12.8 Å². The van der Waals surface area contributed by atoms with E-state index in [0.29, 0.717) is 32.3 Å². The summed E-state index contributed by atoms with van der Waals surface area (Å²) in [6.45, 7) is 4.22. The molecule has 0 amide bonds. The van der Waals surface area contributed by atoms with Crippen molar-refractivity contribution in [1.29, 1.82) is 0 Å². The summed E-state index contributed by atoms with van der Waals surface area (Å²) in [5.41, 5.74) is 0. The lowest BCUT2D eigenvalue weighted by atomic mass is 10.4. The molecule has 0 spiro atoms. The SMILES string of the molecule is O=[N+]([O-])c1cn2c(n1)OCCN(c1ccnc(N3CCCC3)n1)CC2. The van der Waals surface area contributed by atoms with Crippen molar-refractivity contribution in [2.75, 3.05) is 42.6 Å². The van der Waals surface area contributed by atoms with E-state index in [1.165, 1.54) is 19.0 Å². The summed E-state index contributed by atoms with van der Waals surface area (Å²) in [6, 6.07) is 2.19. The molecule has 25 heavy (non-hydrogen) atoms. The van der Waals surface area contributed by atoms with E-state index < -0.39 is 4.92 Å². The number of imidazole rings is 1. The molecule has 2 aliphatic heterocycles. The molecule has 1 fully saturated rings. The fourth-order valence-corrected chi connectivity index (χ4v) is 3.15. The van der Waals surface area contributed by atoms with Crippen LogP contribution < -0.4 is 14.5 Å². The fourth-order valence-electron chi connectivity index (χ4n) is 3.15. The van der Waals surface area contributed by atoms with Crippen LogP contribution in [-0.2, 0) is 6.54 Å². The van der Waals surface area contributed by atoms with Gasteiger partial charge in [0.15, 0.2) is 0 Å². The maximum absolute atomic E-state index is 10.9. The first kappa shape index (κ1) is 15.6. The molecule has 0 saturated carbocycles. The Morgan fingerprint density at radius 2 is 1.92 bits per heavy atom. The number of anilines is 2. The van der Waals surface area contributed by atoms with E-state index in [2.05, 4.69) is 19.8 Å². The maximum atomic E-state index is 10.9. The second-order valence-electron chi connectivity index (χ2n) is 6.08. The Balaban J connectivity index is 1.52. The van der Waals surface area contributed by atoms with Crippen LogP contribution in [0.25, 0.3) is 0 Å². The van der Waals surface area contributed by atoms with Gasteiger partial charge in [-0.2, -0.15) is 4.98 Å². The molecule has 0 atom stereocenters. The Morgan fingerprint density at radius 3 is 2.72 bits per heavy atom. The molecule has 2 aromatic heterocycles. The third-order valence-electron chi connectivity index (χ3n) is 4.46. The topological polar surface area (TPSA) is 102 Å². The lowest BCUT2D eigenvalue weighted by Gasteiger charge is -2.26. The van der Waals surface area contributed by atoms with Crippen LogP contribution in [0.4, 0.5) is 17.6 Å². The third kappa shape index (κ3) is 3.19. The molecule has 2 aromatic rings. The van der Waals surface area contributed by atoms with Crippen molar-refractivity contribution in [3.63, 3.8) is 0 Å². The van der Waals surface area contributed by atoms with E-state index in [0.717, 1.165) is 24.9 Å². The van der Waals surface area contributed by atoms with Gasteiger partial charge >= 0.3 is 11.8 Å². The number of hydrogen-bond acceptors (Lipinski definition) is 8. The quantitative estimate of drug-likeness (QED) is 0.601. The molecule has 0 N–H and O–H groups in total. The smallest absolute Gasteiger partial charge is 0.414 e. The zero-order chi connectivity index (χ0) is 17.2. The van der Waals surface area contributed by atoms with Crippen molar-refractivity contribution in [3.8, 4) is 6.01 Å². The van der Waals surface area contributed by atoms with E-state index in [-0.39, 0.29) is 5.82 Å². The highest BCUT2D eigenvalue weighted by atomic mass is 16.6. The summed E-state index contributed by atoms with van der Waals surface area (Å²) in [5.74, 6) is 1.41. The van der Waals surface area contributed by atoms with Crippen molar-refractivity contribution < 1.29 is 9.66 Å². The second-order valence-corrected chi connectivity index (χ2v) is 6.08. The van der Waals surface area contributed by atoms with Gasteiger partial charge in [-0.15, -0.1) is 0 Å². The van der Waals surface area contributed by atoms with Gasteiger partial charge < -0.3 is 24.7 Å². The molecule has 0 aromatic carbocycles. The largest absolute Gasteiger partial charge is 0.444 e. The summed E-state index contributed by atoms with van der Waals surface area (Å²) in [5, 5.41) is 10.9. The Bertz CT molecular complexity index is 772. The van der Waals surface area contributed by atoms with Crippen molar-refractivity contribution in [1.82, 2.24) is 19.5 Å². The Hall–Kier alpha value is -2.91. The summed E-state index contributed by atoms with van der Waals surface area (Å²) in [7, 11) is 0. The van der Waals surface area contributed by atoms with Crippen molar-refractivity contribution in [2.24, 2.45) is 0 Å². The van der Waals surface area contributed by atoms with Crippen LogP contribution in [0.2, 0.25) is 0 Å². The van der Waals surface area contributed by atoms with E-state index in [1.807, 2.05) is 6.07 Å². The highest BCUT2D eigenvalue weighted by Gasteiger charge is 2.24. The molecule has 132 valence electrons. The van der Waals surface area contributed by atoms with Gasteiger partial charge in [0.05, 0.1) is 6.54 Å². The molecule has 4 rings (SSSR count). The van der Waals surface area contributed by atoms with Crippen LogP contribution in [0, 0.1) is 10.1 Å². The standard InChI is InChI=1S/C15H19N7O3/c23-22(24)13-11-21-8-7-19(9-10-25-15(21)18-13)12-3-4-16-14(17-12)20-5-1-2-6-20/h3-4,11H,1-2,5-10H2. The van der Waals surface area contributed by atoms with Gasteiger partial charge in [0.1, 0.15) is 18.6 Å². The first-order valence-electron chi connectivity index (χ1n) is 8.38. The first-order valence-corrected chi connectivity index (χ1v) is 8.38. The first-order chi connectivity index (χ1) is 12.2. The highest BCUT2D eigenvalue weighted by molar-refractivity contribution is 5.44. The number of rotatable bonds is 3. The molecule has 0 radical (unpaired) electrons. The van der Waals surface area contributed by atoms with Gasteiger partial charge in [0.2, 0.25) is 5.95 Å². The Labute approximate surface area is 144 Å². The number of ether oxygens (including phenoxy) is 1. The summed E-state index contributed by atoms with van der Waals surface area (Å²) in [6.07, 6.45) is 5.54. The molecule has 10 heteroatoms. The monoisotopic (exact) mass is 345 g/mol. The lowest BCUT2D eigenvalue weighted by Crippen LogP contribution is -2.35. The van der Waals surface area contributed by atoms with E-state index in [1.54, 1.807) is 10.8 Å². The van der Waals surface area contributed by atoms with Gasteiger partial charge in [-0.3, -0.25) is 4.57 Å². The normalized spacial score (nSPS) is 17.6. The molecular weight excluding hydrogens is 326 g/mol. The molecule has 0 aliphatic carbocycles. The van der Waals surface area contributed by atoms with Gasteiger partial charge in [0, 0.05) is 37.4 Å². The number of nitro groups is 1. The van der Waals surface area contributed by atoms with Crippen LogP contribution >= 0.6 is 0 Å². The fraction of sp³-hybridized carbons (Fsp3) is 0.533. The predicted octanol–water partition coefficient (Wildman–Crippen LogP) is 1.08. The highest BCUT2D eigenvalue weighted by Crippen LogP contribution is 2.22. The average Bonchev–Trinajstić information content (AvgIpc) is 3.25. The Morgan fingerprint density at radius 1 is 1.08 bits per heavy atom.